The van der Waals surface area contributed by atoms with Crippen LogP contribution in [0.5, 0.6) is 0 Å². The third-order valence-corrected chi connectivity index (χ3v) is 4.38. The van der Waals surface area contributed by atoms with Gasteiger partial charge < -0.3 is 9.84 Å². The third-order valence-electron chi connectivity index (χ3n) is 4.38. The lowest BCUT2D eigenvalue weighted by molar-refractivity contribution is 0.327. The number of hydrogen-bond acceptors (Lipinski definition) is 4. The molecule has 104 valence electrons. The lowest BCUT2D eigenvalue weighted by atomic mass is 9.89. The SMILES string of the molecule is Fc1ccc(Cc2noc(C3CC4CCC3N4)n2)cc1. The molecule has 0 spiro atoms. The van der Waals surface area contributed by atoms with E-state index in [1.165, 1.54) is 25.0 Å². The summed E-state index contributed by atoms with van der Waals surface area (Å²) in [4.78, 5) is 4.52. The molecule has 2 saturated heterocycles. The molecule has 0 amide bonds. The third kappa shape index (κ3) is 2.12. The van der Waals surface area contributed by atoms with Gasteiger partial charge in [0.15, 0.2) is 5.82 Å². The maximum Gasteiger partial charge on any atom is 0.231 e. The van der Waals surface area contributed by atoms with E-state index in [-0.39, 0.29) is 5.82 Å². The standard InChI is InChI=1S/C15H16FN3O/c16-10-3-1-9(2-4-10)7-14-18-15(20-19-14)12-8-11-5-6-13(12)17-11/h1-4,11-13,17H,5-8H2. The van der Waals surface area contributed by atoms with Gasteiger partial charge in [-0.2, -0.15) is 4.98 Å². The molecule has 0 radical (unpaired) electrons. The van der Waals surface area contributed by atoms with Gasteiger partial charge in [0, 0.05) is 18.5 Å². The second-order valence-corrected chi connectivity index (χ2v) is 5.74. The van der Waals surface area contributed by atoms with Crippen molar-refractivity contribution in [3.05, 3.63) is 47.4 Å². The van der Waals surface area contributed by atoms with Crippen molar-refractivity contribution in [3.63, 3.8) is 0 Å². The van der Waals surface area contributed by atoms with Crippen LogP contribution in [0.25, 0.3) is 0 Å². The van der Waals surface area contributed by atoms with Gasteiger partial charge in [0.1, 0.15) is 5.82 Å². The van der Waals surface area contributed by atoms with Gasteiger partial charge >= 0.3 is 0 Å². The summed E-state index contributed by atoms with van der Waals surface area (Å²) in [5, 5.41) is 7.63. The van der Waals surface area contributed by atoms with Crippen molar-refractivity contribution in [3.8, 4) is 0 Å². The van der Waals surface area contributed by atoms with Crippen LogP contribution in [-0.2, 0) is 6.42 Å². The van der Waals surface area contributed by atoms with E-state index < -0.39 is 0 Å². The number of aromatic nitrogens is 2. The van der Waals surface area contributed by atoms with Gasteiger partial charge in [-0.05, 0) is 37.0 Å². The van der Waals surface area contributed by atoms with Crippen LogP contribution in [0.15, 0.2) is 28.8 Å². The summed E-state index contributed by atoms with van der Waals surface area (Å²) < 4.78 is 18.3. The van der Waals surface area contributed by atoms with Crippen LogP contribution in [0.4, 0.5) is 4.39 Å². The number of fused-ring (bicyclic) bond motifs is 2. The van der Waals surface area contributed by atoms with Crippen LogP contribution in [-0.4, -0.2) is 22.2 Å². The van der Waals surface area contributed by atoms with Crippen molar-refractivity contribution >= 4 is 0 Å². The van der Waals surface area contributed by atoms with E-state index in [0.29, 0.717) is 30.2 Å². The minimum atomic E-state index is -0.226. The molecule has 5 heteroatoms. The molecular formula is C15H16FN3O. The average molecular weight is 273 g/mol. The molecule has 2 aliphatic rings. The summed E-state index contributed by atoms with van der Waals surface area (Å²) in [6, 6.07) is 7.54. The van der Waals surface area contributed by atoms with Crippen molar-refractivity contribution < 1.29 is 8.91 Å². The fourth-order valence-corrected chi connectivity index (χ4v) is 3.37. The molecule has 3 atom stereocenters. The van der Waals surface area contributed by atoms with E-state index in [9.17, 15) is 4.39 Å². The molecule has 2 aliphatic heterocycles. The Hall–Kier alpha value is -1.75. The second-order valence-electron chi connectivity index (χ2n) is 5.74. The first-order valence-electron chi connectivity index (χ1n) is 7.11. The molecule has 1 aromatic carbocycles. The van der Waals surface area contributed by atoms with E-state index in [1.807, 2.05) is 0 Å². The zero-order valence-electron chi connectivity index (χ0n) is 11.1. The molecule has 4 rings (SSSR count). The van der Waals surface area contributed by atoms with Crippen LogP contribution >= 0.6 is 0 Å². The van der Waals surface area contributed by atoms with Gasteiger partial charge in [0.2, 0.25) is 5.89 Å². The predicted octanol–water partition coefficient (Wildman–Crippen LogP) is 2.41. The molecule has 0 aliphatic carbocycles. The Morgan fingerprint density at radius 3 is 2.80 bits per heavy atom. The van der Waals surface area contributed by atoms with Gasteiger partial charge in [0.05, 0.1) is 5.92 Å². The number of benzene rings is 1. The monoisotopic (exact) mass is 273 g/mol. The topological polar surface area (TPSA) is 51.0 Å². The molecule has 20 heavy (non-hydrogen) atoms. The first-order chi connectivity index (χ1) is 9.78. The molecule has 1 aromatic heterocycles. The Balaban J connectivity index is 1.49. The molecule has 4 nitrogen and oxygen atoms in total. The summed E-state index contributed by atoms with van der Waals surface area (Å²) in [6.45, 7) is 0. The minimum absolute atomic E-state index is 0.226. The van der Waals surface area contributed by atoms with Crippen LogP contribution in [0, 0.1) is 5.82 Å². The van der Waals surface area contributed by atoms with Crippen molar-refractivity contribution in [1.82, 2.24) is 15.5 Å². The number of halogens is 1. The highest BCUT2D eigenvalue weighted by Gasteiger charge is 2.42. The number of nitrogens with zero attached hydrogens (tertiary/aromatic N) is 2. The Labute approximate surface area is 116 Å². The number of hydrogen-bond donors (Lipinski definition) is 1. The molecular weight excluding hydrogens is 257 g/mol. The quantitative estimate of drug-likeness (QED) is 0.933. The Morgan fingerprint density at radius 1 is 1.25 bits per heavy atom. The molecule has 0 saturated carbocycles. The van der Waals surface area contributed by atoms with E-state index in [0.717, 1.165) is 17.9 Å². The van der Waals surface area contributed by atoms with E-state index in [1.54, 1.807) is 12.1 Å². The normalized spacial score (nSPS) is 28.1. The van der Waals surface area contributed by atoms with Crippen molar-refractivity contribution in [1.29, 1.82) is 0 Å². The highest BCUT2D eigenvalue weighted by molar-refractivity contribution is 5.20. The van der Waals surface area contributed by atoms with Crippen molar-refractivity contribution in [2.45, 2.75) is 43.7 Å². The van der Waals surface area contributed by atoms with E-state index >= 15 is 0 Å². The molecule has 2 aromatic rings. The Bertz CT molecular complexity index is 610. The molecule has 2 fully saturated rings. The molecule has 3 unspecified atom stereocenters. The van der Waals surface area contributed by atoms with Crippen LogP contribution < -0.4 is 5.32 Å². The number of rotatable bonds is 3. The average Bonchev–Trinajstić information content (AvgIpc) is 3.17. The first kappa shape index (κ1) is 12.0. The molecule has 2 bridgehead atoms. The zero-order valence-corrected chi connectivity index (χ0v) is 11.1. The maximum absolute atomic E-state index is 12.9. The summed E-state index contributed by atoms with van der Waals surface area (Å²) in [7, 11) is 0. The maximum atomic E-state index is 12.9. The van der Waals surface area contributed by atoms with Crippen molar-refractivity contribution in [2.75, 3.05) is 0 Å². The van der Waals surface area contributed by atoms with Crippen LogP contribution in [0.2, 0.25) is 0 Å². The molecule has 1 N–H and O–H groups in total. The smallest absolute Gasteiger partial charge is 0.231 e. The second kappa shape index (κ2) is 4.66. The van der Waals surface area contributed by atoms with Gasteiger partial charge in [0.25, 0.3) is 0 Å². The first-order valence-corrected chi connectivity index (χ1v) is 7.11. The summed E-state index contributed by atoms with van der Waals surface area (Å²) in [5.41, 5.74) is 0.991. The fraction of sp³-hybridized carbons (Fsp3) is 0.467. The highest BCUT2D eigenvalue weighted by atomic mass is 19.1. The summed E-state index contributed by atoms with van der Waals surface area (Å²) >= 11 is 0. The Kier molecular flexibility index (Phi) is 2.80. The van der Waals surface area contributed by atoms with Crippen LogP contribution in [0.3, 0.4) is 0 Å². The summed E-state index contributed by atoms with van der Waals surface area (Å²) in [5.74, 6) is 1.56. The zero-order chi connectivity index (χ0) is 13.5. The number of nitrogens with one attached hydrogen (secondary N) is 1. The van der Waals surface area contributed by atoms with Gasteiger partial charge in [-0.25, -0.2) is 4.39 Å². The minimum Gasteiger partial charge on any atom is -0.339 e. The lowest BCUT2D eigenvalue weighted by Gasteiger charge is -2.15. The van der Waals surface area contributed by atoms with E-state index in [4.69, 9.17) is 4.52 Å². The molecule has 3 heterocycles. The largest absolute Gasteiger partial charge is 0.339 e. The fourth-order valence-electron chi connectivity index (χ4n) is 3.37. The van der Waals surface area contributed by atoms with Gasteiger partial charge in [-0.3, -0.25) is 0 Å². The van der Waals surface area contributed by atoms with E-state index in [2.05, 4.69) is 15.5 Å². The highest BCUT2D eigenvalue weighted by Crippen LogP contribution is 2.39. The van der Waals surface area contributed by atoms with Gasteiger partial charge in [-0.15, -0.1) is 0 Å². The lowest BCUT2D eigenvalue weighted by Crippen LogP contribution is -2.21. The van der Waals surface area contributed by atoms with Gasteiger partial charge in [-0.1, -0.05) is 17.3 Å². The summed E-state index contributed by atoms with van der Waals surface area (Å²) in [6.07, 6.45) is 4.14. The Morgan fingerprint density at radius 2 is 2.10 bits per heavy atom. The van der Waals surface area contributed by atoms with Crippen LogP contribution in [0.1, 0.15) is 42.5 Å². The predicted molar refractivity (Wildman–Crippen MR) is 70.8 cm³/mol. The van der Waals surface area contributed by atoms with Crippen molar-refractivity contribution in [2.24, 2.45) is 0 Å².